The highest BCUT2D eigenvalue weighted by Crippen LogP contribution is 2.15. The van der Waals surface area contributed by atoms with E-state index >= 15 is 0 Å². The molecule has 15 heavy (non-hydrogen) atoms. The van der Waals surface area contributed by atoms with E-state index in [4.69, 9.17) is 10.5 Å². The van der Waals surface area contributed by atoms with E-state index in [0.717, 1.165) is 0 Å². The maximum atomic E-state index is 12.3. The quantitative estimate of drug-likeness (QED) is 0.662. The Hall–Kier alpha value is -0.750. The Morgan fingerprint density at radius 1 is 1.60 bits per heavy atom. The van der Waals surface area contributed by atoms with E-state index in [9.17, 15) is 13.6 Å². The third kappa shape index (κ3) is 6.35. The summed E-state index contributed by atoms with van der Waals surface area (Å²) in [4.78, 5) is 11.0. The van der Waals surface area contributed by atoms with Crippen LogP contribution in [0.1, 0.15) is 19.8 Å². The highest BCUT2D eigenvalue weighted by atomic mass is 19.3. The molecule has 0 spiro atoms. The number of alkyl halides is 2. The summed E-state index contributed by atoms with van der Waals surface area (Å²) >= 11 is 0. The van der Waals surface area contributed by atoms with Gasteiger partial charge in [0, 0.05) is 20.1 Å². The highest BCUT2D eigenvalue weighted by Gasteiger charge is 2.29. The Kier molecular flexibility index (Phi) is 6.35. The number of ether oxygens (including phenoxy) is 1. The maximum Gasteiger partial charge on any atom is 0.256 e. The Bertz CT molecular complexity index is 199. The zero-order chi connectivity index (χ0) is 11.9. The van der Waals surface area contributed by atoms with Crippen LogP contribution >= 0.6 is 0 Å². The smallest absolute Gasteiger partial charge is 0.256 e. The fourth-order valence-corrected chi connectivity index (χ4v) is 0.864. The van der Waals surface area contributed by atoms with Gasteiger partial charge < -0.3 is 15.8 Å². The second kappa shape index (κ2) is 6.68. The first kappa shape index (κ1) is 14.2. The summed E-state index contributed by atoms with van der Waals surface area (Å²) < 4.78 is 29.3. The fourth-order valence-electron chi connectivity index (χ4n) is 0.864. The van der Waals surface area contributed by atoms with Crippen molar-refractivity contribution in [3.8, 4) is 0 Å². The van der Waals surface area contributed by atoms with E-state index in [1.165, 1.54) is 14.0 Å². The lowest BCUT2D eigenvalue weighted by Crippen LogP contribution is -2.46. The SMILES string of the molecule is COCCC(=O)NCCC(C)(N)C(F)F. The molecule has 1 unspecified atom stereocenters. The third-order valence-electron chi connectivity index (χ3n) is 2.02. The Labute approximate surface area is 88.2 Å². The Morgan fingerprint density at radius 2 is 2.20 bits per heavy atom. The van der Waals surface area contributed by atoms with Crippen molar-refractivity contribution in [1.29, 1.82) is 0 Å². The molecule has 4 nitrogen and oxygen atoms in total. The van der Waals surface area contributed by atoms with Gasteiger partial charge in [-0.15, -0.1) is 0 Å². The van der Waals surface area contributed by atoms with Crippen molar-refractivity contribution in [1.82, 2.24) is 5.32 Å². The van der Waals surface area contributed by atoms with Gasteiger partial charge in [-0.2, -0.15) is 0 Å². The number of amides is 1. The average Bonchev–Trinajstić information content (AvgIpc) is 2.14. The summed E-state index contributed by atoms with van der Waals surface area (Å²) in [5.74, 6) is -0.220. The maximum absolute atomic E-state index is 12.3. The number of nitrogens with two attached hydrogens (primary N) is 1. The van der Waals surface area contributed by atoms with Crippen LogP contribution in [0.25, 0.3) is 0 Å². The summed E-state index contributed by atoms with van der Waals surface area (Å²) in [6.45, 7) is 1.74. The molecule has 0 aliphatic heterocycles. The van der Waals surface area contributed by atoms with Gasteiger partial charge in [-0.1, -0.05) is 0 Å². The van der Waals surface area contributed by atoms with Crippen molar-refractivity contribution in [3.63, 3.8) is 0 Å². The van der Waals surface area contributed by atoms with Gasteiger partial charge >= 0.3 is 0 Å². The lowest BCUT2D eigenvalue weighted by molar-refractivity contribution is -0.122. The summed E-state index contributed by atoms with van der Waals surface area (Å²) in [5.41, 5.74) is 3.77. The van der Waals surface area contributed by atoms with Gasteiger partial charge in [0.1, 0.15) is 0 Å². The molecule has 0 rings (SSSR count). The van der Waals surface area contributed by atoms with Crippen molar-refractivity contribution < 1.29 is 18.3 Å². The first-order valence-electron chi connectivity index (χ1n) is 4.73. The lowest BCUT2D eigenvalue weighted by Gasteiger charge is -2.23. The highest BCUT2D eigenvalue weighted by molar-refractivity contribution is 5.75. The van der Waals surface area contributed by atoms with Crippen LogP contribution in [0.3, 0.4) is 0 Å². The second-order valence-corrected chi connectivity index (χ2v) is 3.65. The summed E-state index contributed by atoms with van der Waals surface area (Å²) in [6.07, 6.45) is -2.32. The number of hydrogen-bond donors (Lipinski definition) is 2. The van der Waals surface area contributed by atoms with E-state index in [1.54, 1.807) is 0 Å². The average molecular weight is 224 g/mol. The van der Waals surface area contributed by atoms with E-state index in [2.05, 4.69) is 5.32 Å². The third-order valence-corrected chi connectivity index (χ3v) is 2.02. The minimum absolute atomic E-state index is 0.0450. The molecule has 6 heteroatoms. The monoisotopic (exact) mass is 224 g/mol. The summed E-state index contributed by atoms with van der Waals surface area (Å²) in [6, 6.07) is 0. The number of carbonyl (C=O) groups excluding carboxylic acids is 1. The molecule has 0 aromatic rings. The summed E-state index contributed by atoms with van der Waals surface area (Å²) in [7, 11) is 1.49. The minimum Gasteiger partial charge on any atom is -0.384 e. The van der Waals surface area contributed by atoms with E-state index in [0.29, 0.717) is 6.61 Å². The number of methoxy groups -OCH3 is 1. The van der Waals surface area contributed by atoms with Crippen molar-refractivity contribution in [3.05, 3.63) is 0 Å². The molecule has 0 saturated carbocycles. The number of nitrogens with one attached hydrogen (secondary N) is 1. The molecule has 0 radical (unpaired) electrons. The standard InChI is InChI=1S/C9H18F2N2O2/c1-9(12,8(10)11)4-5-13-7(14)3-6-15-2/h8H,3-6,12H2,1-2H3,(H,13,14). The van der Waals surface area contributed by atoms with Gasteiger partial charge in [-0.25, -0.2) is 8.78 Å². The van der Waals surface area contributed by atoms with Gasteiger partial charge in [0.2, 0.25) is 5.91 Å². The van der Waals surface area contributed by atoms with Crippen LogP contribution < -0.4 is 11.1 Å². The largest absolute Gasteiger partial charge is 0.384 e. The molecule has 0 aliphatic rings. The minimum atomic E-state index is -2.59. The van der Waals surface area contributed by atoms with Crippen molar-refractivity contribution in [2.24, 2.45) is 5.73 Å². The van der Waals surface area contributed by atoms with Crippen LogP contribution in [0, 0.1) is 0 Å². The first-order chi connectivity index (χ1) is 6.90. The van der Waals surface area contributed by atoms with E-state index < -0.39 is 12.0 Å². The fraction of sp³-hybridized carbons (Fsp3) is 0.889. The van der Waals surface area contributed by atoms with Crippen molar-refractivity contribution in [2.45, 2.75) is 31.7 Å². The molecule has 0 aromatic heterocycles. The molecule has 90 valence electrons. The molecule has 1 amide bonds. The predicted octanol–water partition coefficient (Wildman–Crippen LogP) is 0.512. The van der Waals surface area contributed by atoms with Crippen LogP contribution in [0.15, 0.2) is 0 Å². The van der Waals surface area contributed by atoms with Crippen LogP contribution in [0.4, 0.5) is 8.78 Å². The molecule has 1 atom stereocenters. The summed E-state index contributed by atoms with van der Waals surface area (Å²) in [5, 5.41) is 2.50. The number of carbonyl (C=O) groups is 1. The van der Waals surface area contributed by atoms with Gasteiger partial charge in [-0.3, -0.25) is 4.79 Å². The Morgan fingerprint density at radius 3 is 2.67 bits per heavy atom. The van der Waals surface area contributed by atoms with Crippen LogP contribution in [-0.2, 0) is 9.53 Å². The number of rotatable bonds is 7. The molecule has 3 N–H and O–H groups in total. The zero-order valence-electron chi connectivity index (χ0n) is 9.06. The molecule has 0 saturated heterocycles. The zero-order valence-corrected chi connectivity index (χ0v) is 9.06. The molecule has 0 fully saturated rings. The van der Waals surface area contributed by atoms with E-state index in [-0.39, 0.29) is 25.3 Å². The second-order valence-electron chi connectivity index (χ2n) is 3.65. The van der Waals surface area contributed by atoms with Crippen molar-refractivity contribution >= 4 is 5.91 Å². The molecular weight excluding hydrogens is 206 g/mol. The Balaban J connectivity index is 3.65. The van der Waals surface area contributed by atoms with Crippen LogP contribution in [-0.4, -0.2) is 38.1 Å². The van der Waals surface area contributed by atoms with Gasteiger partial charge in [-0.05, 0) is 13.3 Å². The van der Waals surface area contributed by atoms with E-state index in [1.807, 2.05) is 0 Å². The van der Waals surface area contributed by atoms with Crippen molar-refractivity contribution in [2.75, 3.05) is 20.3 Å². The molecule has 0 aliphatic carbocycles. The lowest BCUT2D eigenvalue weighted by atomic mass is 10.0. The van der Waals surface area contributed by atoms with Gasteiger partial charge in [0.25, 0.3) is 6.43 Å². The number of halogens is 2. The first-order valence-corrected chi connectivity index (χ1v) is 4.73. The molecule has 0 aromatic carbocycles. The van der Waals surface area contributed by atoms with Crippen LogP contribution in [0.5, 0.6) is 0 Å². The molecular formula is C9H18F2N2O2. The molecule has 0 bridgehead atoms. The topological polar surface area (TPSA) is 64.3 Å². The normalized spacial score (nSPS) is 15.1. The van der Waals surface area contributed by atoms with Crippen LogP contribution in [0.2, 0.25) is 0 Å². The van der Waals surface area contributed by atoms with Gasteiger partial charge in [0.15, 0.2) is 0 Å². The van der Waals surface area contributed by atoms with Gasteiger partial charge in [0.05, 0.1) is 12.1 Å². The molecule has 0 heterocycles. The number of hydrogen-bond acceptors (Lipinski definition) is 3. The predicted molar refractivity (Wildman–Crippen MR) is 52.7 cm³/mol.